The van der Waals surface area contributed by atoms with Crippen LogP contribution >= 0.6 is 0 Å². The lowest BCUT2D eigenvalue weighted by molar-refractivity contribution is -0.151. The normalized spacial score (nSPS) is 21.4. The summed E-state index contributed by atoms with van der Waals surface area (Å²) in [7, 11) is 1.26. The number of hydrogen-bond acceptors (Lipinski definition) is 8. The van der Waals surface area contributed by atoms with Gasteiger partial charge in [-0.2, -0.15) is 0 Å². The molecule has 36 heavy (non-hydrogen) atoms. The van der Waals surface area contributed by atoms with Crippen LogP contribution in [0.15, 0.2) is 77.1 Å². The summed E-state index contributed by atoms with van der Waals surface area (Å²) in [6.07, 6.45) is 0.444. The van der Waals surface area contributed by atoms with Crippen molar-refractivity contribution in [3.63, 3.8) is 0 Å². The van der Waals surface area contributed by atoms with Gasteiger partial charge in [-0.15, -0.1) is 0 Å². The van der Waals surface area contributed by atoms with Gasteiger partial charge in [0.15, 0.2) is 5.78 Å². The Morgan fingerprint density at radius 1 is 1.06 bits per heavy atom. The molecule has 0 fully saturated rings. The van der Waals surface area contributed by atoms with E-state index in [2.05, 4.69) is 5.32 Å². The van der Waals surface area contributed by atoms with E-state index >= 15 is 0 Å². The van der Waals surface area contributed by atoms with E-state index in [1.807, 2.05) is 37.3 Å². The van der Waals surface area contributed by atoms with Crippen LogP contribution in [0.4, 0.5) is 0 Å². The Labute approximate surface area is 209 Å². The van der Waals surface area contributed by atoms with Crippen LogP contribution in [-0.2, 0) is 23.9 Å². The average molecular weight is 492 g/mol. The minimum atomic E-state index is -0.967. The van der Waals surface area contributed by atoms with Crippen LogP contribution in [0.25, 0.3) is 0 Å². The molecule has 188 valence electrons. The predicted octanol–water partition coefficient (Wildman–Crippen LogP) is 3.63. The highest BCUT2D eigenvalue weighted by molar-refractivity contribution is 6.12. The fourth-order valence-electron chi connectivity index (χ4n) is 4.84. The van der Waals surface area contributed by atoms with Crippen LogP contribution in [0.1, 0.15) is 31.7 Å². The topological polar surface area (TPSA) is 111 Å². The van der Waals surface area contributed by atoms with Gasteiger partial charge in [0.2, 0.25) is 0 Å². The number of esters is 2. The molecule has 0 unspecified atom stereocenters. The fraction of sp³-hybridized carbons (Fsp3) is 0.321. The van der Waals surface area contributed by atoms with E-state index in [0.717, 1.165) is 0 Å². The Balaban J connectivity index is 1.63. The third-order valence-corrected chi connectivity index (χ3v) is 6.52. The molecule has 0 bridgehead atoms. The summed E-state index contributed by atoms with van der Waals surface area (Å²) >= 11 is 0. The van der Waals surface area contributed by atoms with Gasteiger partial charge in [-0.05, 0) is 49.1 Å². The molecule has 0 aromatic heterocycles. The molecule has 4 rings (SSSR count). The summed E-state index contributed by atoms with van der Waals surface area (Å²) in [6, 6.07) is 15.5. The quantitative estimate of drug-likeness (QED) is 0.343. The Morgan fingerprint density at radius 3 is 2.42 bits per heavy atom. The van der Waals surface area contributed by atoms with Crippen molar-refractivity contribution in [2.45, 2.75) is 26.2 Å². The number of hydrogen-bond donors (Lipinski definition) is 2. The molecule has 0 saturated carbocycles. The van der Waals surface area contributed by atoms with E-state index in [9.17, 15) is 19.5 Å². The molecule has 2 aromatic rings. The highest BCUT2D eigenvalue weighted by atomic mass is 16.6. The Morgan fingerprint density at radius 2 is 1.75 bits per heavy atom. The van der Waals surface area contributed by atoms with Gasteiger partial charge in [-0.1, -0.05) is 37.3 Å². The molecule has 1 aliphatic carbocycles. The number of methoxy groups -OCH3 is 1. The molecule has 0 saturated heterocycles. The van der Waals surface area contributed by atoms with E-state index in [0.29, 0.717) is 34.7 Å². The van der Waals surface area contributed by atoms with Crippen LogP contribution in [-0.4, -0.2) is 43.2 Å². The number of nitrogens with one attached hydrogen (secondary N) is 1. The van der Waals surface area contributed by atoms with Crippen molar-refractivity contribution in [3.8, 4) is 11.5 Å². The van der Waals surface area contributed by atoms with E-state index in [4.69, 9.17) is 14.2 Å². The number of Topliss-reactive ketones (excluding diaryl/α,β-unsaturated/α-hetero) is 1. The molecule has 0 amide bonds. The van der Waals surface area contributed by atoms with Gasteiger partial charge in [-0.25, -0.2) is 4.79 Å². The molecule has 2 aromatic carbocycles. The highest BCUT2D eigenvalue weighted by Crippen LogP contribution is 2.45. The van der Waals surface area contributed by atoms with E-state index in [-0.39, 0.29) is 36.2 Å². The third kappa shape index (κ3) is 4.98. The zero-order valence-corrected chi connectivity index (χ0v) is 20.4. The maximum Gasteiger partial charge on any atom is 0.336 e. The van der Waals surface area contributed by atoms with Crippen LogP contribution < -0.4 is 10.1 Å². The Hall–Kier alpha value is -4.07. The van der Waals surface area contributed by atoms with E-state index < -0.39 is 23.8 Å². The molecule has 1 aliphatic heterocycles. The average Bonchev–Trinajstić information content (AvgIpc) is 2.86. The number of ketones is 1. The molecule has 8 nitrogen and oxygen atoms in total. The fourth-order valence-corrected chi connectivity index (χ4v) is 4.84. The monoisotopic (exact) mass is 491 g/mol. The van der Waals surface area contributed by atoms with Crippen molar-refractivity contribution < 1.29 is 33.7 Å². The summed E-state index contributed by atoms with van der Waals surface area (Å²) in [5.74, 6) is -2.86. The first-order chi connectivity index (χ1) is 17.3. The summed E-state index contributed by atoms with van der Waals surface area (Å²) in [4.78, 5) is 39.5. The number of benzene rings is 2. The van der Waals surface area contributed by atoms with Crippen molar-refractivity contribution >= 4 is 17.7 Å². The first-order valence-corrected chi connectivity index (χ1v) is 11.8. The number of phenolic OH excluding ortho intramolecular Hbond substituents is 1. The van der Waals surface area contributed by atoms with Crippen molar-refractivity contribution in [2.75, 3.05) is 20.3 Å². The van der Waals surface area contributed by atoms with E-state index in [1.54, 1.807) is 19.1 Å². The first kappa shape index (κ1) is 25.0. The van der Waals surface area contributed by atoms with Crippen molar-refractivity contribution in [1.29, 1.82) is 0 Å². The molecular formula is C28H29NO7. The summed E-state index contributed by atoms with van der Waals surface area (Å²) in [5.41, 5.74) is 2.47. The molecule has 3 atom stereocenters. The summed E-state index contributed by atoms with van der Waals surface area (Å²) in [6.45, 7) is 3.76. The molecule has 2 N–H and O–H groups in total. The number of phenols is 1. The lowest BCUT2D eigenvalue weighted by Crippen LogP contribution is -2.43. The van der Waals surface area contributed by atoms with Crippen LogP contribution in [0.2, 0.25) is 0 Å². The number of ether oxygens (including phenoxy) is 3. The Kier molecular flexibility index (Phi) is 7.43. The van der Waals surface area contributed by atoms with Gasteiger partial charge in [-0.3, -0.25) is 9.59 Å². The second-order valence-electron chi connectivity index (χ2n) is 8.92. The smallest absolute Gasteiger partial charge is 0.336 e. The van der Waals surface area contributed by atoms with Crippen molar-refractivity contribution in [3.05, 3.63) is 82.7 Å². The zero-order chi connectivity index (χ0) is 25.8. The second-order valence-corrected chi connectivity index (χ2v) is 8.92. The summed E-state index contributed by atoms with van der Waals surface area (Å²) in [5, 5.41) is 13.0. The number of allylic oxidation sites excluding steroid dienone is 3. The number of rotatable bonds is 7. The molecule has 0 radical (unpaired) electrons. The Bertz CT molecular complexity index is 1210. The lowest BCUT2D eigenvalue weighted by Gasteiger charge is -2.38. The predicted molar refractivity (Wildman–Crippen MR) is 131 cm³/mol. The first-order valence-electron chi connectivity index (χ1n) is 11.8. The van der Waals surface area contributed by atoms with Gasteiger partial charge >= 0.3 is 11.9 Å². The zero-order valence-electron chi connectivity index (χ0n) is 20.4. The number of carbonyl (C=O) groups excluding carboxylic acids is 3. The van der Waals surface area contributed by atoms with Gasteiger partial charge in [0.1, 0.15) is 30.6 Å². The van der Waals surface area contributed by atoms with Gasteiger partial charge < -0.3 is 24.6 Å². The second kappa shape index (κ2) is 10.7. The summed E-state index contributed by atoms with van der Waals surface area (Å²) < 4.78 is 16.1. The van der Waals surface area contributed by atoms with E-state index in [1.165, 1.54) is 19.2 Å². The van der Waals surface area contributed by atoms with Gasteiger partial charge in [0.25, 0.3) is 0 Å². The molecule has 8 heteroatoms. The molecular weight excluding hydrogens is 462 g/mol. The minimum absolute atomic E-state index is 0.00841. The standard InChI is InChI=1S/C28H29NO7/c1-16-15-21-25(26(31)22(16)27(32)34-3)24(18-9-11-19(30)12-10-18)23(17(2)29-21)28(33)36-14-13-35-20-7-5-4-6-8-20/h4-12,16,22,24,29-30H,13-15H2,1-3H3/t16-,22+,24+/m0/s1. The van der Waals surface area contributed by atoms with Crippen LogP contribution in [0.5, 0.6) is 11.5 Å². The molecule has 2 aliphatic rings. The van der Waals surface area contributed by atoms with Crippen LogP contribution in [0.3, 0.4) is 0 Å². The lowest BCUT2D eigenvalue weighted by atomic mass is 9.69. The minimum Gasteiger partial charge on any atom is -0.508 e. The number of para-hydroxylation sites is 1. The number of carbonyl (C=O) groups is 3. The number of aromatic hydroxyl groups is 1. The molecule has 1 heterocycles. The number of dihydropyridines is 1. The van der Waals surface area contributed by atoms with Crippen molar-refractivity contribution in [2.24, 2.45) is 11.8 Å². The molecule has 0 spiro atoms. The highest BCUT2D eigenvalue weighted by Gasteiger charge is 2.47. The maximum atomic E-state index is 13.7. The van der Waals surface area contributed by atoms with Crippen LogP contribution in [0, 0.1) is 11.8 Å². The largest absolute Gasteiger partial charge is 0.508 e. The SMILES string of the molecule is COC(=O)[C@H]1C(=O)C2=C(C[C@@H]1C)NC(C)=C(C(=O)OCCOc1ccccc1)[C@H]2c1ccc(O)cc1. The van der Waals surface area contributed by atoms with Gasteiger partial charge in [0.05, 0.1) is 12.7 Å². The third-order valence-electron chi connectivity index (χ3n) is 6.52. The van der Waals surface area contributed by atoms with Gasteiger partial charge in [0, 0.05) is 22.9 Å². The maximum absolute atomic E-state index is 13.7. The van der Waals surface area contributed by atoms with Crippen molar-refractivity contribution in [1.82, 2.24) is 5.32 Å².